The standard InChI is InChI=1S/C9H13N5O4/c1-4(15)10-6-7(13-12-5(2)16)11-9(18)14(3)8(6)17/h6H,1-3H3,(H,10,15)(H,12,16)(H,11,13,18)/t6-/m1/s1. The van der Waals surface area contributed by atoms with Crippen molar-refractivity contribution in [3.63, 3.8) is 0 Å². The predicted molar refractivity (Wildman–Crippen MR) is 60.2 cm³/mol. The van der Waals surface area contributed by atoms with E-state index < -0.39 is 29.8 Å². The van der Waals surface area contributed by atoms with Gasteiger partial charge in [-0.1, -0.05) is 0 Å². The smallest absolute Gasteiger partial charge is 0.329 e. The summed E-state index contributed by atoms with van der Waals surface area (Å²) in [7, 11) is 1.27. The van der Waals surface area contributed by atoms with Gasteiger partial charge < -0.3 is 5.32 Å². The molecule has 0 saturated carbocycles. The third-order valence-electron chi connectivity index (χ3n) is 2.07. The van der Waals surface area contributed by atoms with E-state index in [0.717, 1.165) is 4.90 Å². The first-order chi connectivity index (χ1) is 8.32. The zero-order valence-electron chi connectivity index (χ0n) is 10.1. The monoisotopic (exact) mass is 255 g/mol. The number of rotatable bonds is 2. The molecule has 1 atom stereocenters. The lowest BCUT2D eigenvalue weighted by molar-refractivity contribution is -0.131. The van der Waals surface area contributed by atoms with Gasteiger partial charge in [-0.25, -0.2) is 10.2 Å². The summed E-state index contributed by atoms with van der Waals surface area (Å²) in [5.41, 5.74) is 2.09. The number of amidine groups is 1. The Hall–Kier alpha value is -2.45. The highest BCUT2D eigenvalue weighted by Gasteiger charge is 2.37. The molecule has 1 rings (SSSR count). The van der Waals surface area contributed by atoms with Gasteiger partial charge in [0.05, 0.1) is 0 Å². The molecule has 1 aliphatic heterocycles. The van der Waals surface area contributed by atoms with Crippen LogP contribution in [0, 0.1) is 0 Å². The third-order valence-corrected chi connectivity index (χ3v) is 2.07. The second kappa shape index (κ2) is 5.25. The normalized spacial score (nSPS) is 21.6. The van der Waals surface area contributed by atoms with Crippen molar-refractivity contribution in [3.8, 4) is 0 Å². The second-order valence-corrected chi connectivity index (χ2v) is 3.63. The van der Waals surface area contributed by atoms with Crippen LogP contribution in [0.15, 0.2) is 5.10 Å². The largest absolute Gasteiger partial charge is 0.338 e. The van der Waals surface area contributed by atoms with Crippen LogP contribution in [0.4, 0.5) is 4.79 Å². The molecule has 0 aliphatic carbocycles. The maximum atomic E-state index is 11.8. The zero-order chi connectivity index (χ0) is 13.9. The first-order valence-electron chi connectivity index (χ1n) is 5.02. The van der Waals surface area contributed by atoms with E-state index in [4.69, 9.17) is 0 Å². The Morgan fingerprint density at radius 2 is 1.89 bits per heavy atom. The summed E-state index contributed by atoms with van der Waals surface area (Å²) in [4.78, 5) is 45.7. The maximum absolute atomic E-state index is 11.8. The van der Waals surface area contributed by atoms with Crippen molar-refractivity contribution in [2.24, 2.45) is 5.10 Å². The first-order valence-corrected chi connectivity index (χ1v) is 5.02. The van der Waals surface area contributed by atoms with Crippen LogP contribution >= 0.6 is 0 Å². The highest BCUT2D eigenvalue weighted by molar-refractivity contribution is 6.21. The molecule has 0 aromatic carbocycles. The highest BCUT2D eigenvalue weighted by Crippen LogP contribution is 2.02. The third kappa shape index (κ3) is 3.03. The van der Waals surface area contributed by atoms with Gasteiger partial charge >= 0.3 is 6.03 Å². The van der Waals surface area contributed by atoms with Crippen molar-refractivity contribution in [2.75, 3.05) is 7.05 Å². The number of urea groups is 1. The Morgan fingerprint density at radius 3 is 2.39 bits per heavy atom. The first kappa shape index (κ1) is 13.6. The predicted octanol–water partition coefficient (Wildman–Crippen LogP) is -1.88. The summed E-state index contributed by atoms with van der Waals surface area (Å²) >= 11 is 0. The molecule has 3 N–H and O–H groups in total. The molecule has 0 unspecified atom stereocenters. The number of hydrogen-bond donors (Lipinski definition) is 3. The van der Waals surface area contributed by atoms with Crippen LogP contribution in [-0.4, -0.2) is 47.6 Å². The van der Waals surface area contributed by atoms with Crippen LogP contribution in [0.3, 0.4) is 0 Å². The molecule has 1 fully saturated rings. The topological polar surface area (TPSA) is 120 Å². The Balaban J connectivity index is 2.99. The van der Waals surface area contributed by atoms with Crippen molar-refractivity contribution < 1.29 is 19.2 Å². The molecule has 0 spiro atoms. The Labute approximate surface area is 103 Å². The lowest BCUT2D eigenvalue weighted by Gasteiger charge is -2.29. The molecule has 9 nitrogen and oxygen atoms in total. The van der Waals surface area contributed by atoms with Crippen molar-refractivity contribution >= 4 is 29.6 Å². The number of hydrazone groups is 1. The van der Waals surface area contributed by atoms with Gasteiger partial charge in [0.2, 0.25) is 11.8 Å². The van der Waals surface area contributed by atoms with Crippen molar-refractivity contribution in [3.05, 3.63) is 0 Å². The summed E-state index contributed by atoms with van der Waals surface area (Å²) in [6, 6.07) is -1.82. The summed E-state index contributed by atoms with van der Waals surface area (Å²) in [6.07, 6.45) is 0. The minimum atomic E-state index is -1.13. The number of amides is 5. The Kier molecular flexibility index (Phi) is 3.97. The molecular weight excluding hydrogens is 242 g/mol. The van der Waals surface area contributed by atoms with Gasteiger partial charge in [0, 0.05) is 20.9 Å². The molecule has 98 valence electrons. The lowest BCUT2D eigenvalue weighted by Crippen LogP contribution is -2.64. The molecule has 0 bridgehead atoms. The number of carbonyl (C=O) groups excluding carboxylic acids is 4. The highest BCUT2D eigenvalue weighted by atomic mass is 16.2. The number of hydrogen-bond acceptors (Lipinski definition) is 5. The molecule has 1 heterocycles. The molecule has 0 aromatic heterocycles. The van der Waals surface area contributed by atoms with Gasteiger partial charge in [-0.2, -0.15) is 5.10 Å². The average molecular weight is 255 g/mol. The van der Waals surface area contributed by atoms with Gasteiger partial charge in [0.25, 0.3) is 5.91 Å². The summed E-state index contributed by atoms with van der Waals surface area (Å²) in [6.45, 7) is 2.44. The van der Waals surface area contributed by atoms with E-state index in [0.29, 0.717) is 0 Å². The molecule has 5 amide bonds. The van der Waals surface area contributed by atoms with Crippen LogP contribution in [0.1, 0.15) is 13.8 Å². The van der Waals surface area contributed by atoms with Gasteiger partial charge in [0.15, 0.2) is 11.9 Å². The van der Waals surface area contributed by atoms with Crippen molar-refractivity contribution in [2.45, 2.75) is 19.9 Å². The number of imide groups is 1. The van der Waals surface area contributed by atoms with Gasteiger partial charge in [-0.15, -0.1) is 0 Å². The van der Waals surface area contributed by atoms with E-state index in [1.807, 2.05) is 0 Å². The number of nitrogens with one attached hydrogen (secondary N) is 3. The Morgan fingerprint density at radius 1 is 1.28 bits per heavy atom. The lowest BCUT2D eigenvalue weighted by atomic mass is 10.2. The Bertz CT molecular complexity index is 444. The van der Waals surface area contributed by atoms with Gasteiger partial charge in [-0.05, 0) is 0 Å². The van der Waals surface area contributed by atoms with Crippen LogP contribution < -0.4 is 16.1 Å². The number of carbonyl (C=O) groups is 4. The fourth-order valence-corrected chi connectivity index (χ4v) is 1.24. The van der Waals surface area contributed by atoms with E-state index in [2.05, 4.69) is 21.2 Å². The number of likely N-dealkylation sites (N-methyl/N-ethyl adjacent to an activating group) is 1. The summed E-state index contributed by atoms with van der Waals surface area (Å²) in [5.74, 6) is -1.70. The average Bonchev–Trinajstić information content (AvgIpc) is 2.27. The fourth-order valence-electron chi connectivity index (χ4n) is 1.24. The fraction of sp³-hybridized carbons (Fsp3) is 0.444. The quantitative estimate of drug-likeness (QED) is 0.500. The second-order valence-electron chi connectivity index (χ2n) is 3.63. The summed E-state index contributed by atoms with van der Waals surface area (Å²) < 4.78 is 0. The van der Waals surface area contributed by atoms with E-state index in [-0.39, 0.29) is 5.84 Å². The van der Waals surface area contributed by atoms with E-state index in [1.54, 1.807) is 0 Å². The molecule has 18 heavy (non-hydrogen) atoms. The van der Waals surface area contributed by atoms with E-state index in [1.165, 1.54) is 20.9 Å². The molecule has 9 heteroatoms. The van der Waals surface area contributed by atoms with Crippen molar-refractivity contribution in [1.29, 1.82) is 0 Å². The van der Waals surface area contributed by atoms with E-state index >= 15 is 0 Å². The van der Waals surface area contributed by atoms with E-state index in [9.17, 15) is 19.2 Å². The van der Waals surface area contributed by atoms with Crippen LogP contribution in [0.25, 0.3) is 0 Å². The molecular formula is C9H13N5O4. The van der Waals surface area contributed by atoms with Crippen LogP contribution in [-0.2, 0) is 14.4 Å². The van der Waals surface area contributed by atoms with Gasteiger partial charge in [0.1, 0.15) is 0 Å². The maximum Gasteiger partial charge on any atom is 0.329 e. The van der Waals surface area contributed by atoms with Crippen LogP contribution in [0.2, 0.25) is 0 Å². The molecule has 0 aromatic rings. The summed E-state index contributed by atoms with van der Waals surface area (Å²) in [5, 5.41) is 8.20. The van der Waals surface area contributed by atoms with Gasteiger partial charge in [-0.3, -0.25) is 24.6 Å². The van der Waals surface area contributed by atoms with Crippen LogP contribution in [0.5, 0.6) is 0 Å². The zero-order valence-corrected chi connectivity index (χ0v) is 10.1. The molecule has 0 radical (unpaired) electrons. The SMILES string of the molecule is CC(=O)NN=C1NC(=O)N(C)C(=O)[C@@H]1NC(C)=O. The number of nitrogens with zero attached hydrogens (tertiary/aromatic N) is 2. The minimum Gasteiger partial charge on any atom is -0.338 e. The minimum absolute atomic E-state index is 0.131. The van der Waals surface area contributed by atoms with Crippen molar-refractivity contribution in [1.82, 2.24) is 21.0 Å². The molecule has 1 aliphatic rings. The molecule has 1 saturated heterocycles.